The number of rotatable bonds is 3. The standard InChI is InChI=1S/3C3H5N5O2/c3*4-2(6-9)1-3(5)8-10-7-1/h3*9H,(H2,4,6)(H2,5,8). The Balaban J connectivity index is 0.000000225. The summed E-state index contributed by atoms with van der Waals surface area (Å²) in [6, 6.07) is 0. The van der Waals surface area contributed by atoms with E-state index < -0.39 is 0 Å². The van der Waals surface area contributed by atoms with E-state index in [1.165, 1.54) is 0 Å². The molecule has 15 N–H and O–H groups in total. The van der Waals surface area contributed by atoms with Crippen molar-refractivity contribution in [2.45, 2.75) is 0 Å². The Bertz CT molecular complexity index is 888. The van der Waals surface area contributed by atoms with Crippen LogP contribution in [0.25, 0.3) is 0 Å². The van der Waals surface area contributed by atoms with E-state index in [0.717, 1.165) is 0 Å². The van der Waals surface area contributed by atoms with Crippen LogP contribution >= 0.6 is 0 Å². The summed E-state index contributed by atoms with van der Waals surface area (Å²) in [5, 5.41) is 51.7. The fourth-order valence-corrected chi connectivity index (χ4v) is 1.26. The van der Waals surface area contributed by atoms with Crippen molar-refractivity contribution in [1.29, 1.82) is 0 Å². The quantitative estimate of drug-likeness (QED) is 0.0833. The lowest BCUT2D eigenvalue weighted by Gasteiger charge is -1.87. The lowest BCUT2D eigenvalue weighted by molar-refractivity contribution is 0.305. The van der Waals surface area contributed by atoms with Crippen LogP contribution in [0.3, 0.4) is 0 Å². The molecule has 0 aliphatic heterocycles. The molecule has 3 heterocycles. The van der Waals surface area contributed by atoms with E-state index in [0.29, 0.717) is 0 Å². The lowest BCUT2D eigenvalue weighted by atomic mass is 10.4. The number of oxime groups is 3. The monoisotopic (exact) mass is 429 g/mol. The SMILES string of the molecule is N/C(=N\O)c1nonc1N.N/C(=N\O)c1nonc1N.N/C(=N\O)c1nonc1N. The minimum Gasteiger partial charge on any atom is -0.409 e. The fraction of sp³-hybridized carbons (Fsp3) is 0. The van der Waals surface area contributed by atoms with E-state index in [4.69, 9.17) is 50.0 Å². The summed E-state index contributed by atoms with van der Waals surface area (Å²) < 4.78 is 12.5. The van der Waals surface area contributed by atoms with Gasteiger partial charge in [0.1, 0.15) is 0 Å². The molecule has 30 heavy (non-hydrogen) atoms. The maximum Gasteiger partial charge on any atom is 0.199 e. The first kappa shape index (κ1) is 22.7. The molecule has 0 spiro atoms. The molecule has 3 rings (SSSR count). The van der Waals surface area contributed by atoms with Crippen LogP contribution in [-0.4, -0.2) is 64.1 Å². The number of nitrogen functional groups attached to an aromatic ring is 3. The molecule has 21 nitrogen and oxygen atoms in total. The minimum absolute atomic E-state index is 0.00435. The van der Waals surface area contributed by atoms with E-state index in [9.17, 15) is 0 Å². The number of amidine groups is 3. The Morgan fingerprint density at radius 3 is 0.900 bits per heavy atom. The normalized spacial score (nSPS) is 11.8. The fourth-order valence-electron chi connectivity index (χ4n) is 1.26. The van der Waals surface area contributed by atoms with E-state index in [1.807, 2.05) is 0 Å². The molecular weight excluding hydrogens is 414 g/mol. The minimum atomic E-state index is -0.223. The summed E-state index contributed by atoms with van der Waals surface area (Å²) in [7, 11) is 0. The van der Waals surface area contributed by atoms with Crippen LogP contribution in [-0.2, 0) is 0 Å². The van der Waals surface area contributed by atoms with Gasteiger partial charge in [0.05, 0.1) is 0 Å². The average Bonchev–Trinajstić information content (AvgIpc) is 3.48. The molecule has 3 aromatic heterocycles. The Labute approximate surface area is 163 Å². The molecule has 0 atom stereocenters. The van der Waals surface area contributed by atoms with Crippen molar-refractivity contribution in [2.75, 3.05) is 17.2 Å². The zero-order chi connectivity index (χ0) is 22.7. The molecule has 0 unspecified atom stereocenters. The third-order valence-corrected chi connectivity index (χ3v) is 2.59. The summed E-state index contributed by atoms with van der Waals surface area (Å²) >= 11 is 0. The van der Waals surface area contributed by atoms with Crippen LogP contribution in [0.4, 0.5) is 17.5 Å². The van der Waals surface area contributed by atoms with Crippen LogP contribution in [0.15, 0.2) is 29.4 Å². The first-order valence-electron chi connectivity index (χ1n) is 6.94. The summed E-state index contributed by atoms with van der Waals surface area (Å²) in [4.78, 5) is 0. The van der Waals surface area contributed by atoms with Crippen LogP contribution < -0.4 is 34.4 Å². The molecule has 0 bridgehead atoms. The molecule has 0 saturated heterocycles. The van der Waals surface area contributed by atoms with E-state index >= 15 is 0 Å². The maximum absolute atomic E-state index is 8.13. The molecule has 3 aromatic rings. The first-order valence-corrected chi connectivity index (χ1v) is 6.94. The second kappa shape index (κ2) is 10.7. The topological polar surface area (TPSA) is 371 Å². The van der Waals surface area contributed by atoms with Gasteiger partial charge in [-0.3, -0.25) is 0 Å². The number of hydrogen-bond acceptors (Lipinski definition) is 18. The molecule has 0 aromatic carbocycles. The van der Waals surface area contributed by atoms with Gasteiger partial charge in [0.2, 0.25) is 0 Å². The van der Waals surface area contributed by atoms with Crippen molar-refractivity contribution in [3.63, 3.8) is 0 Å². The summed E-state index contributed by atoms with van der Waals surface area (Å²) in [5.74, 6) is -0.683. The molecule has 21 heteroatoms. The molecule has 162 valence electrons. The van der Waals surface area contributed by atoms with E-state index in [2.05, 4.69) is 60.3 Å². The van der Waals surface area contributed by atoms with Crippen molar-refractivity contribution < 1.29 is 29.5 Å². The molecule has 0 radical (unpaired) electrons. The predicted molar refractivity (Wildman–Crippen MR) is 93.7 cm³/mol. The highest BCUT2D eigenvalue weighted by molar-refractivity contribution is 5.99. The van der Waals surface area contributed by atoms with Gasteiger partial charge in [-0.05, 0) is 30.9 Å². The molecule has 0 fully saturated rings. The molecule has 0 saturated carbocycles. The van der Waals surface area contributed by atoms with Gasteiger partial charge >= 0.3 is 0 Å². The van der Waals surface area contributed by atoms with Crippen LogP contribution in [0.5, 0.6) is 0 Å². The number of nitrogens with zero attached hydrogens (tertiary/aromatic N) is 9. The van der Waals surface area contributed by atoms with Crippen molar-refractivity contribution in [2.24, 2.45) is 32.7 Å². The smallest absolute Gasteiger partial charge is 0.199 e. The zero-order valence-corrected chi connectivity index (χ0v) is 14.6. The van der Waals surface area contributed by atoms with E-state index in [-0.39, 0.29) is 52.0 Å². The highest BCUT2D eigenvalue weighted by atomic mass is 16.6. The lowest BCUT2D eigenvalue weighted by Crippen LogP contribution is -2.15. The number of anilines is 3. The van der Waals surface area contributed by atoms with Gasteiger partial charge in [0, 0.05) is 0 Å². The first-order chi connectivity index (χ1) is 14.3. The predicted octanol–water partition coefficient (Wildman–Crippen LogP) is -3.76. The Morgan fingerprint density at radius 1 is 0.533 bits per heavy atom. The van der Waals surface area contributed by atoms with Crippen molar-refractivity contribution >= 4 is 35.0 Å². The van der Waals surface area contributed by atoms with Crippen molar-refractivity contribution in [1.82, 2.24) is 30.9 Å². The van der Waals surface area contributed by atoms with Crippen molar-refractivity contribution in [3.05, 3.63) is 17.1 Å². The molecule has 0 aliphatic carbocycles. The number of nitrogens with two attached hydrogens (primary N) is 6. The maximum atomic E-state index is 8.13. The highest BCUT2D eigenvalue weighted by Crippen LogP contribution is 2.03. The van der Waals surface area contributed by atoms with Crippen molar-refractivity contribution in [3.8, 4) is 0 Å². The summed E-state index contributed by atoms with van der Waals surface area (Å²) in [5.41, 5.74) is 31.0. The Kier molecular flexibility index (Phi) is 8.09. The van der Waals surface area contributed by atoms with Gasteiger partial charge in [0.25, 0.3) is 0 Å². The highest BCUT2D eigenvalue weighted by Gasteiger charge is 2.11. The van der Waals surface area contributed by atoms with Gasteiger partial charge in [-0.2, -0.15) is 0 Å². The van der Waals surface area contributed by atoms with Crippen LogP contribution in [0, 0.1) is 0 Å². The largest absolute Gasteiger partial charge is 0.409 e. The molecule has 0 aliphatic rings. The van der Waals surface area contributed by atoms with E-state index in [1.54, 1.807) is 0 Å². The zero-order valence-electron chi connectivity index (χ0n) is 14.6. The van der Waals surface area contributed by atoms with Crippen LogP contribution in [0.1, 0.15) is 17.1 Å². The number of aromatic nitrogens is 6. The summed E-state index contributed by atoms with van der Waals surface area (Å²) in [6.07, 6.45) is 0. The summed E-state index contributed by atoms with van der Waals surface area (Å²) in [6.45, 7) is 0. The third kappa shape index (κ3) is 5.83. The van der Waals surface area contributed by atoms with Gasteiger partial charge in [-0.1, -0.05) is 15.5 Å². The molecular formula is C9H15N15O6. The second-order valence-corrected chi connectivity index (χ2v) is 4.45. The Hall–Kier alpha value is -5.37. The van der Waals surface area contributed by atoms with Gasteiger partial charge < -0.3 is 50.0 Å². The second-order valence-electron chi connectivity index (χ2n) is 4.45. The Morgan fingerprint density at radius 2 is 0.767 bits per heavy atom. The van der Waals surface area contributed by atoms with Crippen LogP contribution in [0.2, 0.25) is 0 Å². The average molecular weight is 429 g/mol. The number of hydrogen-bond donors (Lipinski definition) is 9. The third-order valence-electron chi connectivity index (χ3n) is 2.59. The van der Waals surface area contributed by atoms with Gasteiger partial charge in [0.15, 0.2) is 52.0 Å². The van der Waals surface area contributed by atoms with Gasteiger partial charge in [-0.25, -0.2) is 13.9 Å². The molecule has 0 amide bonds. The van der Waals surface area contributed by atoms with Gasteiger partial charge in [-0.15, -0.1) is 0 Å².